The van der Waals surface area contributed by atoms with E-state index in [9.17, 15) is 9.59 Å². The lowest BCUT2D eigenvalue weighted by Gasteiger charge is -2.23. The fraction of sp³-hybridized carbons (Fsp3) is 0.692. The van der Waals surface area contributed by atoms with Gasteiger partial charge in [0.15, 0.2) is 5.69 Å². The molecule has 0 saturated heterocycles. The summed E-state index contributed by atoms with van der Waals surface area (Å²) in [6.07, 6.45) is 2.96. The molecule has 0 aliphatic rings. The number of hydrogen-bond donors (Lipinski definition) is 3. The minimum Gasteiger partial charge on any atom is -0.481 e. The van der Waals surface area contributed by atoms with Crippen LogP contribution in [0.4, 0.5) is 0 Å². The maximum atomic E-state index is 11.9. The smallest absolute Gasteiger partial charge is 0.303 e. The van der Waals surface area contributed by atoms with E-state index in [0.717, 1.165) is 0 Å². The van der Waals surface area contributed by atoms with Crippen molar-refractivity contribution in [3.63, 3.8) is 0 Å². The van der Waals surface area contributed by atoms with Crippen LogP contribution in [-0.4, -0.2) is 45.1 Å². The van der Waals surface area contributed by atoms with Crippen LogP contribution in [-0.2, 0) is 11.3 Å². The standard InChI is InChI=1S/C13H23N5O3/c1-13(2,4-3-11(19)20)5-7-15-12(21)10-9-18(8-6-14)17-16-10/h9H,3-8,14H2,1-2H3,(H,15,21)(H,19,20). The number of carbonyl (C=O) groups excluding carboxylic acids is 1. The van der Waals surface area contributed by atoms with Gasteiger partial charge in [-0.15, -0.1) is 5.10 Å². The lowest BCUT2D eigenvalue weighted by molar-refractivity contribution is -0.137. The highest BCUT2D eigenvalue weighted by atomic mass is 16.4. The molecule has 1 aromatic rings. The van der Waals surface area contributed by atoms with Crippen LogP contribution in [0.15, 0.2) is 6.20 Å². The van der Waals surface area contributed by atoms with Gasteiger partial charge in [0.2, 0.25) is 0 Å². The second kappa shape index (κ2) is 7.72. The third-order valence-electron chi connectivity index (χ3n) is 3.23. The molecule has 0 atom stereocenters. The second-order valence-corrected chi connectivity index (χ2v) is 5.72. The molecule has 0 fully saturated rings. The second-order valence-electron chi connectivity index (χ2n) is 5.72. The molecule has 1 amide bonds. The molecule has 21 heavy (non-hydrogen) atoms. The summed E-state index contributed by atoms with van der Waals surface area (Å²) in [6, 6.07) is 0. The number of aliphatic carboxylic acids is 1. The number of rotatable bonds is 9. The Balaban J connectivity index is 2.36. The van der Waals surface area contributed by atoms with Crippen molar-refractivity contribution in [2.24, 2.45) is 11.1 Å². The number of carboxylic acid groups (broad SMARTS) is 1. The lowest BCUT2D eigenvalue weighted by Crippen LogP contribution is -2.28. The molecule has 1 heterocycles. The highest BCUT2D eigenvalue weighted by molar-refractivity contribution is 5.91. The minimum absolute atomic E-state index is 0.133. The number of nitrogens with two attached hydrogens (primary N) is 1. The summed E-state index contributed by atoms with van der Waals surface area (Å²) in [5.41, 5.74) is 5.51. The van der Waals surface area contributed by atoms with Crippen molar-refractivity contribution in [3.8, 4) is 0 Å². The first-order chi connectivity index (χ1) is 9.84. The Hall–Kier alpha value is -1.96. The van der Waals surface area contributed by atoms with Crippen LogP contribution < -0.4 is 11.1 Å². The van der Waals surface area contributed by atoms with E-state index in [1.165, 1.54) is 4.68 Å². The van der Waals surface area contributed by atoms with E-state index in [1.807, 2.05) is 13.8 Å². The number of nitrogens with zero attached hydrogens (tertiary/aromatic N) is 3. The lowest BCUT2D eigenvalue weighted by atomic mass is 9.84. The van der Waals surface area contributed by atoms with Gasteiger partial charge >= 0.3 is 5.97 Å². The summed E-state index contributed by atoms with van der Waals surface area (Å²) in [4.78, 5) is 22.4. The molecular formula is C13H23N5O3. The summed E-state index contributed by atoms with van der Waals surface area (Å²) in [5.74, 6) is -1.09. The summed E-state index contributed by atoms with van der Waals surface area (Å²) in [6.45, 7) is 5.39. The van der Waals surface area contributed by atoms with Crippen LogP contribution >= 0.6 is 0 Å². The molecule has 0 aliphatic carbocycles. The van der Waals surface area contributed by atoms with Gasteiger partial charge in [0.1, 0.15) is 0 Å². The Labute approximate surface area is 123 Å². The Morgan fingerprint density at radius 1 is 1.43 bits per heavy atom. The van der Waals surface area contributed by atoms with Gasteiger partial charge in [-0.1, -0.05) is 19.1 Å². The molecule has 118 valence electrons. The highest BCUT2D eigenvalue weighted by Crippen LogP contribution is 2.25. The first kappa shape index (κ1) is 17.1. The van der Waals surface area contributed by atoms with Gasteiger partial charge in [0.25, 0.3) is 5.91 Å². The van der Waals surface area contributed by atoms with Crippen molar-refractivity contribution in [3.05, 3.63) is 11.9 Å². The van der Waals surface area contributed by atoms with Crippen LogP contribution in [0, 0.1) is 5.41 Å². The maximum absolute atomic E-state index is 11.9. The normalized spacial score (nSPS) is 11.4. The van der Waals surface area contributed by atoms with Crippen molar-refractivity contribution in [2.75, 3.05) is 13.1 Å². The average Bonchev–Trinajstić information content (AvgIpc) is 2.85. The molecule has 0 bridgehead atoms. The SMILES string of the molecule is CC(C)(CCNC(=O)c1cn(CCN)nn1)CCC(=O)O. The van der Waals surface area contributed by atoms with E-state index >= 15 is 0 Å². The number of amides is 1. The fourth-order valence-electron chi connectivity index (χ4n) is 1.82. The predicted octanol–water partition coefficient (Wildman–Crippen LogP) is 0.248. The molecule has 8 heteroatoms. The van der Waals surface area contributed by atoms with Gasteiger partial charge in [-0.2, -0.15) is 0 Å². The average molecular weight is 297 g/mol. The largest absolute Gasteiger partial charge is 0.481 e. The van der Waals surface area contributed by atoms with Gasteiger partial charge in [0.05, 0.1) is 12.7 Å². The van der Waals surface area contributed by atoms with Gasteiger partial charge < -0.3 is 16.2 Å². The molecule has 0 unspecified atom stereocenters. The number of hydrogen-bond acceptors (Lipinski definition) is 5. The molecule has 1 rings (SSSR count). The van der Waals surface area contributed by atoms with Gasteiger partial charge in [-0.3, -0.25) is 14.3 Å². The first-order valence-corrected chi connectivity index (χ1v) is 6.94. The van der Waals surface area contributed by atoms with Crippen molar-refractivity contribution in [2.45, 2.75) is 39.7 Å². The zero-order valence-electron chi connectivity index (χ0n) is 12.5. The van der Waals surface area contributed by atoms with Crippen molar-refractivity contribution >= 4 is 11.9 Å². The Bertz CT molecular complexity index is 484. The number of carboxylic acids is 1. The van der Waals surface area contributed by atoms with Crippen LogP contribution in [0.3, 0.4) is 0 Å². The topological polar surface area (TPSA) is 123 Å². The van der Waals surface area contributed by atoms with Crippen LogP contribution in [0.2, 0.25) is 0 Å². The first-order valence-electron chi connectivity index (χ1n) is 6.94. The summed E-state index contributed by atoms with van der Waals surface area (Å²) >= 11 is 0. The third-order valence-corrected chi connectivity index (χ3v) is 3.23. The van der Waals surface area contributed by atoms with Crippen LogP contribution in [0.25, 0.3) is 0 Å². The van der Waals surface area contributed by atoms with Gasteiger partial charge in [0, 0.05) is 19.5 Å². The van der Waals surface area contributed by atoms with E-state index in [1.54, 1.807) is 6.20 Å². The Morgan fingerprint density at radius 2 is 2.14 bits per heavy atom. The van der Waals surface area contributed by atoms with Crippen LogP contribution in [0.1, 0.15) is 43.6 Å². The van der Waals surface area contributed by atoms with Crippen molar-refractivity contribution in [1.29, 1.82) is 0 Å². The molecule has 8 nitrogen and oxygen atoms in total. The summed E-state index contributed by atoms with van der Waals surface area (Å²) in [5, 5.41) is 19.0. The zero-order valence-corrected chi connectivity index (χ0v) is 12.5. The van der Waals surface area contributed by atoms with Gasteiger partial charge in [-0.25, -0.2) is 0 Å². The highest BCUT2D eigenvalue weighted by Gasteiger charge is 2.19. The molecule has 0 radical (unpaired) electrons. The molecule has 0 aromatic carbocycles. The van der Waals surface area contributed by atoms with Gasteiger partial charge in [-0.05, 0) is 18.3 Å². The quantitative estimate of drug-likeness (QED) is 0.600. The summed E-state index contributed by atoms with van der Waals surface area (Å²) in [7, 11) is 0. The fourth-order valence-corrected chi connectivity index (χ4v) is 1.82. The third kappa shape index (κ3) is 6.35. The zero-order chi connectivity index (χ0) is 15.9. The predicted molar refractivity (Wildman–Crippen MR) is 76.7 cm³/mol. The Morgan fingerprint density at radius 3 is 2.76 bits per heavy atom. The van der Waals surface area contributed by atoms with E-state index in [-0.39, 0.29) is 23.4 Å². The maximum Gasteiger partial charge on any atom is 0.303 e. The van der Waals surface area contributed by atoms with Crippen molar-refractivity contribution < 1.29 is 14.7 Å². The van der Waals surface area contributed by atoms with E-state index in [0.29, 0.717) is 32.5 Å². The molecule has 4 N–H and O–H groups in total. The molecule has 0 saturated carbocycles. The molecule has 0 spiro atoms. The van der Waals surface area contributed by atoms with E-state index < -0.39 is 5.97 Å². The monoisotopic (exact) mass is 297 g/mol. The molecular weight excluding hydrogens is 274 g/mol. The Kier molecular flexibility index (Phi) is 6.29. The molecule has 0 aliphatic heterocycles. The summed E-state index contributed by atoms with van der Waals surface area (Å²) < 4.78 is 1.52. The van der Waals surface area contributed by atoms with Crippen LogP contribution in [0.5, 0.6) is 0 Å². The number of carbonyl (C=O) groups is 2. The van der Waals surface area contributed by atoms with Crippen molar-refractivity contribution in [1.82, 2.24) is 20.3 Å². The number of nitrogens with one attached hydrogen (secondary N) is 1. The number of aromatic nitrogens is 3. The van der Waals surface area contributed by atoms with E-state index in [4.69, 9.17) is 10.8 Å². The molecule has 1 aromatic heterocycles. The van der Waals surface area contributed by atoms with E-state index in [2.05, 4.69) is 15.6 Å². The minimum atomic E-state index is -0.802.